The fraction of sp³-hybridized carbons (Fsp3) is 0.143. The van der Waals surface area contributed by atoms with Gasteiger partial charge in [-0.2, -0.15) is 15.2 Å². The summed E-state index contributed by atoms with van der Waals surface area (Å²) < 4.78 is 16.4. The maximum atomic E-state index is 14.5. The molecule has 0 fully saturated rings. The Morgan fingerprint density at radius 2 is 2.03 bits per heavy atom. The molecular weight excluding hydrogens is 493 g/mol. The van der Waals surface area contributed by atoms with E-state index in [1.54, 1.807) is 18.3 Å². The van der Waals surface area contributed by atoms with Gasteiger partial charge in [-0.1, -0.05) is 0 Å². The van der Waals surface area contributed by atoms with Gasteiger partial charge >= 0.3 is 0 Å². The number of anilines is 3. The lowest BCUT2D eigenvalue weighted by molar-refractivity contribution is 0.633. The van der Waals surface area contributed by atoms with Gasteiger partial charge in [-0.05, 0) is 46.6 Å². The zero-order valence-electron chi connectivity index (χ0n) is 17.1. The molecule has 12 heteroatoms. The predicted molar refractivity (Wildman–Crippen MR) is 125 cm³/mol. The SMILES string of the molecule is N#Cc1c(N)nc(N)nc1NCCCc1nc2c(F)ccc(Br)c2c(=O)n1-c1cccnc1. The maximum Gasteiger partial charge on any atom is 0.267 e. The van der Waals surface area contributed by atoms with Crippen LogP contribution in [0.25, 0.3) is 16.6 Å². The van der Waals surface area contributed by atoms with E-state index in [4.69, 9.17) is 11.5 Å². The molecule has 1 aromatic carbocycles. The highest BCUT2D eigenvalue weighted by Gasteiger charge is 2.18. The van der Waals surface area contributed by atoms with E-state index in [0.717, 1.165) is 0 Å². The van der Waals surface area contributed by atoms with Gasteiger partial charge in [0.1, 0.15) is 34.6 Å². The summed E-state index contributed by atoms with van der Waals surface area (Å²) in [6, 6.07) is 8.10. The van der Waals surface area contributed by atoms with Crippen LogP contribution in [-0.4, -0.2) is 31.0 Å². The van der Waals surface area contributed by atoms with E-state index < -0.39 is 11.4 Å². The first-order chi connectivity index (χ1) is 15.9. The van der Waals surface area contributed by atoms with Gasteiger partial charge in [-0.25, -0.2) is 9.37 Å². The molecule has 0 aliphatic carbocycles. The molecule has 0 aliphatic heterocycles. The number of hydrogen-bond donors (Lipinski definition) is 3. The number of rotatable bonds is 6. The zero-order chi connectivity index (χ0) is 23.5. The van der Waals surface area contributed by atoms with Gasteiger partial charge in [0.15, 0.2) is 5.82 Å². The highest BCUT2D eigenvalue weighted by atomic mass is 79.9. The minimum Gasteiger partial charge on any atom is -0.382 e. The highest BCUT2D eigenvalue weighted by Crippen LogP contribution is 2.24. The molecule has 0 bridgehead atoms. The second kappa shape index (κ2) is 9.17. The third kappa shape index (κ3) is 4.31. The molecule has 0 atom stereocenters. The Bertz CT molecular complexity index is 1450. The van der Waals surface area contributed by atoms with Gasteiger partial charge in [-0.3, -0.25) is 14.3 Å². The van der Waals surface area contributed by atoms with E-state index in [1.807, 2.05) is 6.07 Å². The van der Waals surface area contributed by atoms with E-state index in [1.165, 1.54) is 22.9 Å². The summed E-state index contributed by atoms with van der Waals surface area (Å²) in [5.74, 6) is -0.0874. The van der Waals surface area contributed by atoms with Crippen LogP contribution >= 0.6 is 15.9 Å². The number of aryl methyl sites for hydroxylation is 1. The third-order valence-electron chi connectivity index (χ3n) is 4.83. The molecule has 0 spiro atoms. The van der Waals surface area contributed by atoms with Gasteiger partial charge in [0.05, 0.1) is 17.3 Å². The Morgan fingerprint density at radius 1 is 1.21 bits per heavy atom. The van der Waals surface area contributed by atoms with Crippen LogP contribution in [0.4, 0.5) is 22.0 Å². The second-order valence-corrected chi connectivity index (χ2v) is 7.82. The molecule has 4 rings (SSSR count). The van der Waals surface area contributed by atoms with Crippen molar-refractivity contribution in [1.82, 2.24) is 24.5 Å². The number of nitrogens with two attached hydrogens (primary N) is 2. The van der Waals surface area contributed by atoms with Crippen LogP contribution in [0.3, 0.4) is 0 Å². The standard InChI is InChI=1S/C21H17BrFN9O/c22-13-5-6-14(23)17-16(13)20(33)32(11-3-1-7-27-10-11)15(29-17)4-2-8-28-19-12(9-24)18(25)30-21(26)31-19/h1,3,5-7,10H,2,4,8H2,(H5,25,26,28,30,31). The van der Waals surface area contributed by atoms with Gasteiger partial charge in [0.2, 0.25) is 5.95 Å². The molecule has 0 radical (unpaired) electrons. The number of nitriles is 1. The van der Waals surface area contributed by atoms with Crippen molar-refractivity contribution in [3.8, 4) is 11.8 Å². The normalized spacial score (nSPS) is 10.8. The molecule has 5 N–H and O–H groups in total. The highest BCUT2D eigenvalue weighted by molar-refractivity contribution is 9.10. The van der Waals surface area contributed by atoms with Crippen molar-refractivity contribution in [2.24, 2.45) is 0 Å². The van der Waals surface area contributed by atoms with Crippen LogP contribution in [0.2, 0.25) is 0 Å². The van der Waals surface area contributed by atoms with Gasteiger partial charge in [-0.15, -0.1) is 0 Å². The minimum absolute atomic E-state index is 0.0133. The largest absolute Gasteiger partial charge is 0.382 e. The number of halogens is 2. The number of fused-ring (bicyclic) bond motifs is 1. The first kappa shape index (κ1) is 22.1. The monoisotopic (exact) mass is 509 g/mol. The quantitative estimate of drug-likeness (QED) is 0.331. The summed E-state index contributed by atoms with van der Waals surface area (Å²) in [5.41, 5.74) is 11.5. The topological polar surface area (TPSA) is 161 Å². The first-order valence-corrected chi connectivity index (χ1v) is 10.6. The summed E-state index contributed by atoms with van der Waals surface area (Å²) in [7, 11) is 0. The lowest BCUT2D eigenvalue weighted by atomic mass is 10.2. The van der Waals surface area contributed by atoms with Crippen LogP contribution in [0.15, 0.2) is 45.9 Å². The molecule has 4 aromatic rings. The van der Waals surface area contributed by atoms with Crippen LogP contribution < -0.4 is 22.3 Å². The molecule has 166 valence electrons. The van der Waals surface area contributed by atoms with Crippen molar-refractivity contribution in [1.29, 1.82) is 5.26 Å². The molecular formula is C21H17BrFN9O. The van der Waals surface area contributed by atoms with Crippen LogP contribution in [0, 0.1) is 17.1 Å². The second-order valence-electron chi connectivity index (χ2n) is 6.97. The lowest BCUT2D eigenvalue weighted by Crippen LogP contribution is -2.25. The van der Waals surface area contributed by atoms with E-state index in [0.29, 0.717) is 35.4 Å². The molecule has 0 saturated carbocycles. The summed E-state index contributed by atoms with van der Waals surface area (Å²) in [4.78, 5) is 29.7. The fourth-order valence-corrected chi connectivity index (χ4v) is 3.86. The smallest absolute Gasteiger partial charge is 0.267 e. The molecule has 3 aromatic heterocycles. The summed E-state index contributed by atoms with van der Waals surface area (Å²) in [6.07, 6.45) is 3.92. The number of nitrogens with zero attached hydrogens (tertiary/aromatic N) is 6. The number of nitrogen functional groups attached to an aromatic ring is 2. The molecule has 0 amide bonds. The van der Waals surface area contributed by atoms with Crippen molar-refractivity contribution in [3.05, 3.63) is 68.7 Å². The molecule has 0 unspecified atom stereocenters. The van der Waals surface area contributed by atoms with Crippen molar-refractivity contribution in [2.45, 2.75) is 12.8 Å². The molecule has 3 heterocycles. The average Bonchev–Trinajstić information content (AvgIpc) is 2.79. The van der Waals surface area contributed by atoms with E-state index >= 15 is 0 Å². The van der Waals surface area contributed by atoms with Crippen LogP contribution in [0.5, 0.6) is 0 Å². The number of benzene rings is 1. The van der Waals surface area contributed by atoms with Gasteiger partial charge in [0, 0.05) is 23.6 Å². The summed E-state index contributed by atoms with van der Waals surface area (Å²) in [5, 5.41) is 12.4. The average molecular weight is 510 g/mol. The summed E-state index contributed by atoms with van der Waals surface area (Å²) in [6.45, 7) is 0.354. The predicted octanol–water partition coefficient (Wildman–Crippen LogP) is 2.55. The van der Waals surface area contributed by atoms with Gasteiger partial charge in [0.25, 0.3) is 5.56 Å². The Balaban J connectivity index is 1.68. The van der Waals surface area contributed by atoms with Crippen LogP contribution in [0.1, 0.15) is 17.8 Å². The minimum atomic E-state index is -0.589. The molecule has 33 heavy (non-hydrogen) atoms. The molecule has 0 saturated heterocycles. The zero-order valence-corrected chi connectivity index (χ0v) is 18.7. The number of nitrogens with one attached hydrogen (secondary N) is 1. The van der Waals surface area contributed by atoms with Gasteiger partial charge < -0.3 is 16.8 Å². The Labute approximate surface area is 195 Å². The van der Waals surface area contributed by atoms with Crippen molar-refractivity contribution >= 4 is 44.4 Å². The van der Waals surface area contributed by atoms with Crippen molar-refractivity contribution in [3.63, 3.8) is 0 Å². The maximum absolute atomic E-state index is 14.5. The number of hydrogen-bond acceptors (Lipinski definition) is 9. The van der Waals surface area contributed by atoms with E-state index in [-0.39, 0.29) is 34.1 Å². The summed E-state index contributed by atoms with van der Waals surface area (Å²) >= 11 is 3.32. The Kier molecular flexibility index (Phi) is 6.14. The molecule has 0 aliphatic rings. The number of pyridine rings is 1. The Morgan fingerprint density at radius 3 is 2.76 bits per heavy atom. The first-order valence-electron chi connectivity index (χ1n) is 9.77. The Hall–Kier alpha value is -4.11. The van der Waals surface area contributed by atoms with E-state index in [2.05, 4.69) is 41.2 Å². The fourth-order valence-electron chi connectivity index (χ4n) is 3.37. The lowest BCUT2D eigenvalue weighted by Gasteiger charge is -2.15. The van der Waals surface area contributed by atoms with Crippen molar-refractivity contribution < 1.29 is 4.39 Å². The third-order valence-corrected chi connectivity index (χ3v) is 5.49. The van der Waals surface area contributed by atoms with Crippen molar-refractivity contribution in [2.75, 3.05) is 23.3 Å². The number of aromatic nitrogens is 5. The van der Waals surface area contributed by atoms with E-state index in [9.17, 15) is 14.4 Å². The molecule has 10 nitrogen and oxygen atoms in total. The van der Waals surface area contributed by atoms with Crippen LogP contribution in [-0.2, 0) is 6.42 Å².